The average Bonchev–Trinajstić information content (AvgIpc) is 2.97. The molecule has 1 aromatic rings. The van der Waals surface area contributed by atoms with E-state index in [2.05, 4.69) is 10.2 Å². The molecular weight excluding hydrogens is 310 g/mol. The van der Waals surface area contributed by atoms with E-state index in [0.29, 0.717) is 4.91 Å². The molecule has 2 saturated heterocycles. The number of benzene rings is 1. The predicted octanol–water partition coefficient (Wildman–Crippen LogP) is 1.97. The fourth-order valence-corrected chi connectivity index (χ4v) is 3.14. The normalized spacial score (nSPS) is 23.4. The van der Waals surface area contributed by atoms with Crippen LogP contribution in [0.25, 0.3) is 6.08 Å². The maximum Gasteiger partial charge on any atom is 0.290 e. The number of nitrogens with two attached hydrogens (primary N) is 1. The summed E-state index contributed by atoms with van der Waals surface area (Å²) < 4.78 is 0. The molecule has 0 aromatic heterocycles. The van der Waals surface area contributed by atoms with Crippen molar-refractivity contribution in [2.24, 2.45) is 5.73 Å². The Morgan fingerprint density at radius 3 is 2.71 bits per heavy atom. The Kier molecular flexibility index (Phi) is 4.92. The van der Waals surface area contributed by atoms with Gasteiger partial charge in [-0.25, -0.2) is 0 Å². The highest BCUT2D eigenvalue weighted by molar-refractivity contribution is 8.18. The van der Waals surface area contributed by atoms with Crippen molar-refractivity contribution in [3.8, 4) is 0 Å². The van der Waals surface area contributed by atoms with Gasteiger partial charge in [0.1, 0.15) is 0 Å². The first-order valence-corrected chi connectivity index (χ1v) is 7.29. The molecule has 3 N–H and O–H groups in total. The molecule has 3 rings (SSSR count). The Morgan fingerprint density at radius 2 is 2.10 bits per heavy atom. The van der Waals surface area contributed by atoms with E-state index in [1.807, 2.05) is 24.3 Å². The summed E-state index contributed by atoms with van der Waals surface area (Å²) in [4.78, 5) is 25.5. The van der Waals surface area contributed by atoms with E-state index in [4.69, 9.17) is 5.73 Å². The summed E-state index contributed by atoms with van der Waals surface area (Å²) in [5.41, 5.74) is 7.94. The van der Waals surface area contributed by atoms with Crippen molar-refractivity contribution in [1.82, 2.24) is 5.32 Å². The van der Waals surface area contributed by atoms with Crippen molar-refractivity contribution in [3.05, 3.63) is 34.7 Å². The number of hydrogen-bond donors (Lipinski definition) is 2. The highest BCUT2D eigenvalue weighted by Crippen LogP contribution is 2.30. The SMILES string of the molecule is Cl.N[C@H]1CCN(c2ccccc2C=C2SC(=O)NC2=O)C1. The molecule has 2 fully saturated rings. The molecule has 112 valence electrons. The van der Waals surface area contributed by atoms with Gasteiger partial charge in [0, 0.05) is 24.8 Å². The predicted molar refractivity (Wildman–Crippen MR) is 87.6 cm³/mol. The lowest BCUT2D eigenvalue weighted by Crippen LogP contribution is -2.26. The quantitative estimate of drug-likeness (QED) is 0.813. The molecule has 21 heavy (non-hydrogen) atoms. The minimum absolute atomic E-state index is 0. The molecule has 0 aliphatic carbocycles. The summed E-state index contributed by atoms with van der Waals surface area (Å²) in [6.45, 7) is 1.73. The first-order valence-electron chi connectivity index (χ1n) is 6.48. The van der Waals surface area contributed by atoms with Crippen LogP contribution >= 0.6 is 24.2 Å². The number of imide groups is 1. The zero-order valence-corrected chi connectivity index (χ0v) is 12.9. The number of anilines is 1. The third-order valence-electron chi connectivity index (χ3n) is 3.43. The van der Waals surface area contributed by atoms with Gasteiger partial charge in [0.15, 0.2) is 0 Å². The summed E-state index contributed by atoms with van der Waals surface area (Å²) in [5.74, 6) is -0.326. The first-order chi connectivity index (χ1) is 9.63. The van der Waals surface area contributed by atoms with Crippen molar-refractivity contribution >= 4 is 47.1 Å². The monoisotopic (exact) mass is 325 g/mol. The van der Waals surface area contributed by atoms with Gasteiger partial charge in [0.2, 0.25) is 0 Å². The third kappa shape index (κ3) is 3.40. The van der Waals surface area contributed by atoms with Gasteiger partial charge < -0.3 is 10.6 Å². The summed E-state index contributed by atoms with van der Waals surface area (Å²) in [6, 6.07) is 8.05. The number of thioether (sulfide) groups is 1. The molecule has 0 spiro atoms. The van der Waals surface area contributed by atoms with Gasteiger partial charge in [-0.1, -0.05) is 18.2 Å². The first kappa shape index (κ1) is 15.9. The molecule has 2 amide bonds. The molecule has 2 heterocycles. The molecule has 2 aliphatic heterocycles. The van der Waals surface area contributed by atoms with E-state index in [1.54, 1.807) is 6.08 Å². The Bertz CT molecular complexity index is 606. The maximum atomic E-state index is 11.6. The molecule has 5 nitrogen and oxygen atoms in total. The Labute approximate surface area is 133 Å². The van der Waals surface area contributed by atoms with Crippen LogP contribution in [0.1, 0.15) is 12.0 Å². The highest BCUT2D eigenvalue weighted by atomic mass is 35.5. The maximum absolute atomic E-state index is 11.6. The van der Waals surface area contributed by atoms with Crippen LogP contribution in [0.2, 0.25) is 0 Å². The van der Waals surface area contributed by atoms with E-state index in [9.17, 15) is 9.59 Å². The van der Waals surface area contributed by atoms with Crippen LogP contribution in [0.15, 0.2) is 29.2 Å². The van der Waals surface area contributed by atoms with Crippen LogP contribution < -0.4 is 16.0 Å². The van der Waals surface area contributed by atoms with E-state index >= 15 is 0 Å². The minimum atomic E-state index is -0.326. The number of carbonyl (C=O) groups is 2. The highest BCUT2D eigenvalue weighted by Gasteiger charge is 2.26. The van der Waals surface area contributed by atoms with Crippen molar-refractivity contribution in [3.63, 3.8) is 0 Å². The molecule has 0 saturated carbocycles. The van der Waals surface area contributed by atoms with Crippen LogP contribution in [0, 0.1) is 0 Å². The number of carbonyl (C=O) groups excluding carboxylic acids is 2. The molecule has 1 atom stereocenters. The van der Waals surface area contributed by atoms with E-state index < -0.39 is 0 Å². The van der Waals surface area contributed by atoms with Crippen LogP contribution in [0.4, 0.5) is 10.5 Å². The molecule has 0 bridgehead atoms. The zero-order valence-electron chi connectivity index (χ0n) is 11.2. The zero-order chi connectivity index (χ0) is 14.1. The molecule has 1 aromatic carbocycles. The van der Waals surface area contributed by atoms with Crippen LogP contribution in [-0.2, 0) is 4.79 Å². The second-order valence-electron chi connectivity index (χ2n) is 4.91. The Hall–Kier alpha value is -1.50. The standard InChI is InChI=1S/C14H15N3O2S.ClH/c15-10-5-6-17(8-10)11-4-2-1-3-9(11)7-12-13(18)16-14(19)20-12;/h1-4,7,10H,5-6,8,15H2,(H,16,18,19);1H/t10-;/m0./s1. The lowest BCUT2D eigenvalue weighted by Gasteiger charge is -2.20. The topological polar surface area (TPSA) is 75.4 Å². The number of nitrogens with zero attached hydrogens (tertiary/aromatic N) is 1. The number of halogens is 1. The van der Waals surface area contributed by atoms with Crippen molar-refractivity contribution in [1.29, 1.82) is 0 Å². The van der Waals surface area contributed by atoms with Crippen molar-refractivity contribution in [2.75, 3.05) is 18.0 Å². The lowest BCUT2D eigenvalue weighted by molar-refractivity contribution is -0.115. The van der Waals surface area contributed by atoms with Gasteiger partial charge >= 0.3 is 0 Å². The van der Waals surface area contributed by atoms with Crippen LogP contribution in [0.3, 0.4) is 0 Å². The molecule has 0 unspecified atom stereocenters. The number of hydrogen-bond acceptors (Lipinski definition) is 5. The molecular formula is C14H16ClN3O2S. The number of para-hydroxylation sites is 1. The fourth-order valence-electron chi connectivity index (χ4n) is 2.47. The van der Waals surface area contributed by atoms with Crippen molar-refractivity contribution < 1.29 is 9.59 Å². The second-order valence-corrected chi connectivity index (χ2v) is 5.92. The summed E-state index contributed by atoms with van der Waals surface area (Å²) >= 11 is 0.939. The number of rotatable bonds is 2. The van der Waals surface area contributed by atoms with Gasteiger partial charge in [0.25, 0.3) is 11.1 Å². The van der Waals surface area contributed by atoms with E-state index in [1.165, 1.54) is 0 Å². The Morgan fingerprint density at radius 1 is 1.33 bits per heavy atom. The van der Waals surface area contributed by atoms with Crippen LogP contribution in [-0.4, -0.2) is 30.3 Å². The largest absolute Gasteiger partial charge is 0.369 e. The summed E-state index contributed by atoms with van der Waals surface area (Å²) in [6.07, 6.45) is 2.74. The van der Waals surface area contributed by atoms with Gasteiger partial charge in [-0.3, -0.25) is 14.9 Å². The minimum Gasteiger partial charge on any atom is -0.369 e. The summed E-state index contributed by atoms with van der Waals surface area (Å²) in [7, 11) is 0. The third-order valence-corrected chi connectivity index (χ3v) is 4.24. The lowest BCUT2D eigenvalue weighted by atomic mass is 10.1. The summed E-state index contributed by atoms with van der Waals surface area (Å²) in [5, 5.41) is 1.95. The van der Waals surface area contributed by atoms with Gasteiger partial charge in [-0.05, 0) is 35.9 Å². The fraction of sp³-hybridized carbons (Fsp3) is 0.286. The van der Waals surface area contributed by atoms with Crippen molar-refractivity contribution in [2.45, 2.75) is 12.5 Å². The van der Waals surface area contributed by atoms with Crippen LogP contribution in [0.5, 0.6) is 0 Å². The molecule has 0 radical (unpaired) electrons. The Balaban J connectivity index is 0.00000161. The van der Waals surface area contributed by atoms with E-state index in [0.717, 1.165) is 42.5 Å². The number of nitrogens with one attached hydrogen (secondary N) is 1. The average molecular weight is 326 g/mol. The molecule has 7 heteroatoms. The second kappa shape index (κ2) is 6.51. The van der Waals surface area contributed by atoms with Gasteiger partial charge in [-0.2, -0.15) is 0 Å². The van der Waals surface area contributed by atoms with E-state index in [-0.39, 0.29) is 29.6 Å². The smallest absolute Gasteiger partial charge is 0.290 e. The number of amides is 2. The van der Waals surface area contributed by atoms with Gasteiger partial charge in [-0.15, -0.1) is 12.4 Å². The van der Waals surface area contributed by atoms with Gasteiger partial charge in [0.05, 0.1) is 4.91 Å². The molecule has 2 aliphatic rings.